The predicted octanol–water partition coefficient (Wildman–Crippen LogP) is 8.43. The average molecular weight is 1000 g/mol. The fraction of sp³-hybridized carbons (Fsp3) is 0.689. The fourth-order valence-corrected chi connectivity index (χ4v) is 18.5. The maximum Gasteiger partial charge on any atom is 0.246 e. The highest BCUT2D eigenvalue weighted by atomic mass is 16.7. The van der Waals surface area contributed by atoms with E-state index in [-0.39, 0.29) is 89.6 Å². The summed E-state index contributed by atoms with van der Waals surface area (Å²) in [6, 6.07) is -0.435. The number of hydrogen-bond acceptors (Lipinski definition) is 11. The van der Waals surface area contributed by atoms with E-state index in [2.05, 4.69) is 91.1 Å². The summed E-state index contributed by atoms with van der Waals surface area (Å²) in [5, 5.41) is 45.2. The van der Waals surface area contributed by atoms with E-state index in [9.17, 15) is 25.2 Å². The van der Waals surface area contributed by atoms with Crippen molar-refractivity contribution in [1.29, 1.82) is 0 Å². The van der Waals surface area contributed by atoms with Crippen LogP contribution in [0.15, 0.2) is 63.2 Å². The van der Waals surface area contributed by atoms with E-state index in [4.69, 9.17) is 23.9 Å². The van der Waals surface area contributed by atoms with E-state index in [1.165, 1.54) is 11.1 Å². The molecule has 11 aliphatic rings. The number of nitrogens with zero attached hydrogens (tertiary/aromatic N) is 1. The van der Waals surface area contributed by atoms with Crippen LogP contribution in [0.25, 0.3) is 0 Å². The number of Topliss-reactive ketones (excluding diaryl/α,β-unsaturated/α-hetero) is 1. The Hall–Kier alpha value is -4.07. The molecule has 394 valence electrons. The van der Waals surface area contributed by atoms with Gasteiger partial charge in [0.1, 0.15) is 41.2 Å². The Kier molecular flexibility index (Phi) is 12.1. The van der Waals surface area contributed by atoms with Crippen molar-refractivity contribution in [3.63, 3.8) is 0 Å². The summed E-state index contributed by atoms with van der Waals surface area (Å²) in [4.78, 5) is 35.0. The molecule has 1 amide bonds. The Bertz CT molecular complexity index is 2690. The number of rotatable bonds is 12. The van der Waals surface area contributed by atoms with Crippen LogP contribution in [0.2, 0.25) is 0 Å². The molecule has 73 heavy (non-hydrogen) atoms. The number of benzene rings is 1. The predicted molar refractivity (Wildman–Crippen MR) is 277 cm³/mol. The minimum absolute atomic E-state index is 0.00153. The zero-order valence-corrected chi connectivity index (χ0v) is 44.6. The molecule has 5 N–H and O–H groups in total. The summed E-state index contributed by atoms with van der Waals surface area (Å²) in [5.41, 5.74) is 8.00. The first kappa shape index (κ1) is 49.8. The molecular weight excluding hydrogens is 921 g/mol. The number of aliphatic imine (C=N–C) groups is 1. The molecule has 12 nitrogen and oxygen atoms in total. The molecule has 0 radical (unpaired) electrons. The van der Waals surface area contributed by atoms with Crippen molar-refractivity contribution in [2.45, 2.75) is 169 Å². The zero-order chi connectivity index (χ0) is 51.4. The van der Waals surface area contributed by atoms with E-state index in [0.29, 0.717) is 47.8 Å². The molecule has 4 aliphatic heterocycles. The van der Waals surface area contributed by atoms with Crippen molar-refractivity contribution in [1.82, 2.24) is 5.32 Å². The summed E-state index contributed by atoms with van der Waals surface area (Å²) in [6.45, 7) is 19.8. The number of hydrogen-bond donors (Lipinski definition) is 5. The summed E-state index contributed by atoms with van der Waals surface area (Å²) in [6.07, 6.45) is 13.5. The highest BCUT2D eigenvalue weighted by Gasteiger charge is 2.88. The van der Waals surface area contributed by atoms with E-state index in [0.717, 1.165) is 90.0 Å². The third-order valence-electron chi connectivity index (χ3n) is 21.5. The number of fused-ring (bicyclic) bond motifs is 9. The van der Waals surface area contributed by atoms with E-state index in [1.54, 1.807) is 0 Å². The van der Waals surface area contributed by atoms with Gasteiger partial charge in [-0.15, -0.1) is 0 Å². The maximum absolute atomic E-state index is 15.5. The third kappa shape index (κ3) is 7.03. The first-order valence-electron chi connectivity index (χ1n) is 28.1. The topological polar surface area (TPSA) is 176 Å². The van der Waals surface area contributed by atoms with Crippen LogP contribution < -0.4 is 19.5 Å². The van der Waals surface area contributed by atoms with Gasteiger partial charge in [-0.1, -0.05) is 62.3 Å². The van der Waals surface area contributed by atoms with Crippen LogP contribution >= 0.6 is 0 Å². The minimum Gasteiger partial charge on any atom is -0.489 e. The van der Waals surface area contributed by atoms with E-state index in [1.807, 2.05) is 6.92 Å². The van der Waals surface area contributed by atoms with Gasteiger partial charge < -0.3 is 44.7 Å². The molecule has 20 atom stereocenters. The zero-order valence-electron chi connectivity index (χ0n) is 44.6. The monoisotopic (exact) mass is 1000 g/mol. The first-order chi connectivity index (χ1) is 34.9. The Balaban J connectivity index is 1.10. The molecule has 5 saturated carbocycles. The van der Waals surface area contributed by atoms with E-state index < -0.39 is 42.9 Å². The molecule has 12 rings (SSSR count). The summed E-state index contributed by atoms with van der Waals surface area (Å²) in [7, 11) is 0. The number of carbonyl (C=O) groups excluding carboxylic acids is 2. The smallest absolute Gasteiger partial charge is 0.246 e. The number of aliphatic hydroxyl groups excluding tert-OH is 4. The second kappa shape index (κ2) is 17.8. The molecule has 1 saturated heterocycles. The molecule has 1 aromatic rings. The quantitative estimate of drug-likeness (QED) is 0.101. The second-order valence-electron chi connectivity index (χ2n) is 25.5. The number of ketones is 1. The minimum atomic E-state index is -1.27. The summed E-state index contributed by atoms with van der Waals surface area (Å²) >= 11 is 0. The molecule has 6 fully saturated rings. The van der Waals surface area contributed by atoms with Crippen LogP contribution in [0.1, 0.15) is 136 Å². The number of aliphatic hydroxyl groups is 4. The van der Waals surface area contributed by atoms with E-state index >= 15 is 4.79 Å². The molecule has 4 heterocycles. The van der Waals surface area contributed by atoms with Gasteiger partial charge in [-0.25, -0.2) is 0 Å². The molecule has 3 bridgehead atoms. The molecule has 7 aliphatic carbocycles. The van der Waals surface area contributed by atoms with Crippen LogP contribution in [0, 0.1) is 75.9 Å². The normalized spacial score (nSPS) is 43.7. The fourth-order valence-electron chi connectivity index (χ4n) is 18.5. The SMILES string of the molecule is CC(C)=CCCC1(C)CCc2c(c(CC=C(C)C)c3c(c2OC2CC(O)C(O)C(CO)O2)C2N=C4C5=C(C=CCC5)C(=O)C4C4C5C(C)C6(CC7C(C(C)CC6O3)C3C(C=C(C)C(=O)NCCO)C73C5C)C24)O1. The average Bonchev–Trinajstić information content (AvgIpc) is 3.77. The Morgan fingerprint density at radius 2 is 1.75 bits per heavy atom. The first-order valence-corrected chi connectivity index (χ1v) is 28.1. The number of nitrogens with one attached hydrogen (secondary N) is 1. The Morgan fingerprint density at radius 3 is 2.49 bits per heavy atom. The van der Waals surface area contributed by atoms with Crippen LogP contribution in [-0.4, -0.2) is 93.9 Å². The van der Waals surface area contributed by atoms with Gasteiger partial charge in [-0.3, -0.25) is 14.6 Å². The Labute approximate surface area is 431 Å². The van der Waals surface area contributed by atoms with Gasteiger partial charge in [0.15, 0.2) is 5.78 Å². The van der Waals surface area contributed by atoms with Gasteiger partial charge in [-0.05, 0) is 169 Å². The molecule has 0 aromatic heterocycles. The van der Waals surface area contributed by atoms with Crippen LogP contribution in [0.4, 0.5) is 0 Å². The van der Waals surface area contributed by atoms with Crippen LogP contribution in [0.5, 0.6) is 17.2 Å². The lowest BCUT2D eigenvalue weighted by molar-refractivity contribution is -0.230. The van der Waals surface area contributed by atoms with Crippen molar-refractivity contribution in [3.05, 3.63) is 74.9 Å². The van der Waals surface area contributed by atoms with Gasteiger partial charge >= 0.3 is 0 Å². The second-order valence-corrected chi connectivity index (χ2v) is 25.5. The van der Waals surface area contributed by atoms with Gasteiger partial charge in [0.25, 0.3) is 0 Å². The van der Waals surface area contributed by atoms with Crippen molar-refractivity contribution in [2.75, 3.05) is 19.8 Å². The lowest BCUT2D eigenvalue weighted by Crippen LogP contribution is -2.53. The summed E-state index contributed by atoms with van der Waals surface area (Å²) < 4.78 is 29.4. The molecule has 20 unspecified atom stereocenters. The van der Waals surface area contributed by atoms with Crippen molar-refractivity contribution < 1.29 is 49.0 Å². The number of allylic oxidation sites excluding steroid dienone is 9. The van der Waals surface area contributed by atoms with Gasteiger partial charge in [0, 0.05) is 40.7 Å². The molecule has 12 heteroatoms. The maximum atomic E-state index is 15.5. The third-order valence-corrected chi connectivity index (χ3v) is 21.5. The van der Waals surface area contributed by atoms with Crippen LogP contribution in [-0.2, 0) is 27.2 Å². The molecule has 2 spiro atoms. The van der Waals surface area contributed by atoms with Crippen LogP contribution in [0.3, 0.4) is 0 Å². The van der Waals surface area contributed by atoms with Gasteiger partial charge in [-0.2, -0.15) is 0 Å². The lowest BCUT2D eigenvalue weighted by Gasteiger charge is -2.54. The number of amides is 1. The standard InChI is InChI=1S/C61H80N2O10/c1-28(2)13-12-19-59(9)20-18-37-55(73-59)36(17-16-29(3)4)56-48(57(37)72-43-25-40(66)54(68)41(27-65)70-43)52-50-46(47-51(63-52)34-14-10-11-15-35(34)53(47)67)45-32(7)60(50)26-39-44(30(5)24-42(60)71-56)49-38(61(39,49)33(45)8)23-31(6)58(69)62-21-22-64/h11,13,15-16,23,30,32-33,38-47,49-50,52,54,64-66,68H,10,12,14,17-22,24-27H2,1-9H3,(H,62,69). The highest BCUT2D eigenvalue weighted by molar-refractivity contribution is 6.28. The lowest BCUT2D eigenvalue weighted by atomic mass is 9.50. The molecular formula is C61H80N2O10. The van der Waals surface area contributed by atoms with Crippen molar-refractivity contribution >= 4 is 17.4 Å². The molecule has 1 aromatic carbocycles. The van der Waals surface area contributed by atoms with Gasteiger partial charge in [0.05, 0.1) is 42.6 Å². The summed E-state index contributed by atoms with van der Waals surface area (Å²) in [5.74, 6) is 4.27. The Morgan fingerprint density at radius 1 is 0.973 bits per heavy atom. The van der Waals surface area contributed by atoms with Gasteiger partial charge in [0.2, 0.25) is 12.2 Å². The van der Waals surface area contributed by atoms with Crippen molar-refractivity contribution in [3.8, 4) is 17.2 Å². The van der Waals surface area contributed by atoms with Crippen molar-refractivity contribution in [2.24, 2.45) is 80.9 Å². The highest BCUT2D eigenvalue weighted by Crippen LogP contribution is 2.91. The number of carbonyl (C=O) groups is 2. The largest absolute Gasteiger partial charge is 0.489 e. The number of ether oxygens (including phenoxy) is 4.